The van der Waals surface area contributed by atoms with Gasteiger partial charge in [0.05, 0.1) is 18.1 Å². The molecule has 3 atom stereocenters. The second kappa shape index (κ2) is 5.52. The first-order valence-electron chi connectivity index (χ1n) is 6.90. The maximum Gasteiger partial charge on any atom is 0.230 e. The first-order chi connectivity index (χ1) is 10.2. The molecule has 0 N–H and O–H groups in total. The lowest BCUT2D eigenvalue weighted by Crippen LogP contribution is -2.40. The molecule has 0 saturated heterocycles. The Balaban J connectivity index is 2.02. The highest BCUT2D eigenvalue weighted by Crippen LogP contribution is 2.41. The molecule has 1 saturated carbocycles. The van der Waals surface area contributed by atoms with Crippen LogP contribution >= 0.6 is 0 Å². The van der Waals surface area contributed by atoms with E-state index >= 15 is 0 Å². The van der Waals surface area contributed by atoms with Crippen molar-refractivity contribution in [2.75, 3.05) is 0 Å². The minimum absolute atomic E-state index is 0.0448. The molecule has 108 valence electrons. The van der Waals surface area contributed by atoms with Gasteiger partial charge in [0.1, 0.15) is 11.5 Å². The number of hydrogen-bond acceptors (Lipinski definition) is 4. The Labute approximate surface area is 121 Å². The van der Waals surface area contributed by atoms with Gasteiger partial charge < -0.3 is 4.42 Å². The Bertz CT molecular complexity index is 636. The molecule has 0 unspecified atom stereocenters. The van der Waals surface area contributed by atoms with E-state index in [9.17, 15) is 14.9 Å². The maximum atomic E-state index is 12.1. The van der Waals surface area contributed by atoms with Crippen molar-refractivity contribution in [3.63, 3.8) is 0 Å². The zero-order valence-electron chi connectivity index (χ0n) is 11.3. The molecule has 1 aliphatic carbocycles. The van der Waals surface area contributed by atoms with Gasteiger partial charge in [0.15, 0.2) is 0 Å². The van der Waals surface area contributed by atoms with Crippen molar-refractivity contribution in [2.24, 2.45) is 0 Å². The number of carbonyl (C=O) groups excluding carboxylic acids is 1. The van der Waals surface area contributed by atoms with Crippen molar-refractivity contribution in [3.05, 3.63) is 70.2 Å². The third-order valence-electron chi connectivity index (χ3n) is 4.10. The number of carbonyl (C=O) groups is 1. The van der Waals surface area contributed by atoms with Crippen LogP contribution in [-0.2, 0) is 4.79 Å². The molecule has 5 nitrogen and oxygen atoms in total. The van der Waals surface area contributed by atoms with Gasteiger partial charge in [-0.25, -0.2) is 0 Å². The van der Waals surface area contributed by atoms with Crippen LogP contribution in [0.25, 0.3) is 0 Å². The fourth-order valence-corrected chi connectivity index (χ4v) is 3.18. The molecule has 0 spiro atoms. The Kier molecular flexibility index (Phi) is 3.56. The molecule has 0 amide bonds. The van der Waals surface area contributed by atoms with Crippen molar-refractivity contribution in [1.82, 2.24) is 0 Å². The second-order valence-corrected chi connectivity index (χ2v) is 5.36. The molecule has 3 rings (SSSR count). The van der Waals surface area contributed by atoms with Crippen LogP contribution in [0.15, 0.2) is 53.1 Å². The quantitative estimate of drug-likeness (QED) is 0.641. The third-order valence-corrected chi connectivity index (χ3v) is 4.10. The Morgan fingerprint density at radius 2 is 1.76 bits per heavy atom. The molecule has 1 aromatic carbocycles. The molecular formula is C16H15NO4. The van der Waals surface area contributed by atoms with Gasteiger partial charge in [-0.1, -0.05) is 30.3 Å². The number of nitrogens with zero attached hydrogens (tertiary/aromatic N) is 1. The standard InChI is InChI=1S/C16H15NO4/c18-12-9-13(11-5-2-1-3-6-11)16(17(19)20)14(10-12)15-7-4-8-21-15/h1-8,13-14,16H,9-10H2/t13-,14-,16-/m0/s1. The highest BCUT2D eigenvalue weighted by Gasteiger charge is 2.47. The predicted molar refractivity (Wildman–Crippen MR) is 75.7 cm³/mol. The average molecular weight is 285 g/mol. The molecule has 0 aliphatic heterocycles. The van der Waals surface area contributed by atoms with Gasteiger partial charge in [0, 0.05) is 17.8 Å². The van der Waals surface area contributed by atoms with Crippen molar-refractivity contribution < 1.29 is 14.1 Å². The third kappa shape index (κ3) is 2.59. The Morgan fingerprint density at radius 3 is 2.38 bits per heavy atom. The molecule has 1 aromatic heterocycles. The molecule has 5 heteroatoms. The molecule has 1 fully saturated rings. The molecule has 2 aromatic rings. The van der Waals surface area contributed by atoms with E-state index in [-0.39, 0.29) is 23.5 Å². The summed E-state index contributed by atoms with van der Waals surface area (Å²) < 4.78 is 5.33. The smallest absolute Gasteiger partial charge is 0.230 e. The van der Waals surface area contributed by atoms with Gasteiger partial charge in [-0.3, -0.25) is 14.9 Å². The van der Waals surface area contributed by atoms with Gasteiger partial charge in [-0.15, -0.1) is 0 Å². The number of furan rings is 1. The summed E-state index contributed by atoms with van der Waals surface area (Å²) in [5, 5.41) is 11.6. The van der Waals surface area contributed by atoms with Crippen LogP contribution in [0.2, 0.25) is 0 Å². The first-order valence-corrected chi connectivity index (χ1v) is 6.90. The summed E-state index contributed by atoms with van der Waals surface area (Å²) in [5.74, 6) is -0.340. The number of rotatable bonds is 3. The number of nitro groups is 1. The van der Waals surface area contributed by atoms with E-state index in [0.717, 1.165) is 5.56 Å². The SMILES string of the molecule is O=C1C[C@@H](c2ccccc2)[C@H]([N+](=O)[O-])[C@H](c2ccco2)C1. The summed E-state index contributed by atoms with van der Waals surface area (Å²) in [7, 11) is 0. The lowest BCUT2D eigenvalue weighted by molar-refractivity contribution is -0.532. The summed E-state index contributed by atoms with van der Waals surface area (Å²) in [5.41, 5.74) is 0.837. The topological polar surface area (TPSA) is 73.3 Å². The summed E-state index contributed by atoms with van der Waals surface area (Å²) >= 11 is 0. The Morgan fingerprint density at radius 1 is 1.05 bits per heavy atom. The van der Waals surface area contributed by atoms with Gasteiger partial charge in [0.2, 0.25) is 6.04 Å². The molecule has 0 bridgehead atoms. The van der Waals surface area contributed by atoms with Crippen LogP contribution in [0.5, 0.6) is 0 Å². The van der Waals surface area contributed by atoms with E-state index in [1.54, 1.807) is 12.1 Å². The lowest BCUT2D eigenvalue weighted by Gasteiger charge is -2.30. The summed E-state index contributed by atoms with van der Waals surface area (Å²) in [4.78, 5) is 23.4. The predicted octanol–water partition coefficient (Wildman–Crippen LogP) is 3.16. The first kappa shape index (κ1) is 13.5. The molecular weight excluding hydrogens is 270 g/mol. The molecule has 1 heterocycles. The number of benzene rings is 1. The maximum absolute atomic E-state index is 12.1. The second-order valence-electron chi connectivity index (χ2n) is 5.36. The van der Waals surface area contributed by atoms with E-state index in [4.69, 9.17) is 4.42 Å². The molecule has 0 radical (unpaired) electrons. The number of Topliss-reactive ketones (excluding diaryl/α,β-unsaturated/α-hetero) is 1. The van der Waals surface area contributed by atoms with Crippen LogP contribution in [0, 0.1) is 10.1 Å². The van der Waals surface area contributed by atoms with Gasteiger partial charge in [0.25, 0.3) is 0 Å². The monoisotopic (exact) mass is 285 g/mol. The van der Waals surface area contributed by atoms with Crippen LogP contribution in [-0.4, -0.2) is 16.7 Å². The van der Waals surface area contributed by atoms with Crippen molar-refractivity contribution >= 4 is 5.78 Å². The average Bonchev–Trinajstić information content (AvgIpc) is 3.01. The minimum atomic E-state index is -0.837. The van der Waals surface area contributed by atoms with E-state index in [1.165, 1.54) is 6.26 Å². The lowest BCUT2D eigenvalue weighted by atomic mass is 9.72. The van der Waals surface area contributed by atoms with Crippen LogP contribution < -0.4 is 0 Å². The number of hydrogen-bond donors (Lipinski definition) is 0. The minimum Gasteiger partial charge on any atom is -0.469 e. The van der Waals surface area contributed by atoms with Gasteiger partial charge in [-0.2, -0.15) is 0 Å². The van der Waals surface area contributed by atoms with E-state index in [2.05, 4.69) is 0 Å². The van der Waals surface area contributed by atoms with Crippen molar-refractivity contribution in [2.45, 2.75) is 30.7 Å². The zero-order chi connectivity index (χ0) is 14.8. The van der Waals surface area contributed by atoms with E-state index in [0.29, 0.717) is 5.76 Å². The molecule has 1 aliphatic rings. The number of ketones is 1. The summed E-state index contributed by atoms with van der Waals surface area (Å²) in [6.45, 7) is 0. The zero-order valence-corrected chi connectivity index (χ0v) is 11.3. The van der Waals surface area contributed by atoms with E-state index in [1.807, 2.05) is 30.3 Å². The fourth-order valence-electron chi connectivity index (χ4n) is 3.18. The van der Waals surface area contributed by atoms with Crippen LogP contribution in [0.4, 0.5) is 0 Å². The highest BCUT2D eigenvalue weighted by molar-refractivity contribution is 5.81. The largest absolute Gasteiger partial charge is 0.469 e. The van der Waals surface area contributed by atoms with Crippen LogP contribution in [0.1, 0.15) is 36.0 Å². The normalized spacial score (nSPS) is 25.7. The van der Waals surface area contributed by atoms with Crippen LogP contribution in [0.3, 0.4) is 0 Å². The van der Waals surface area contributed by atoms with Crippen molar-refractivity contribution in [1.29, 1.82) is 0 Å². The van der Waals surface area contributed by atoms with Gasteiger partial charge in [-0.05, 0) is 17.7 Å². The van der Waals surface area contributed by atoms with Gasteiger partial charge >= 0.3 is 0 Å². The van der Waals surface area contributed by atoms with E-state index < -0.39 is 17.9 Å². The Hall–Kier alpha value is -2.43. The molecule has 21 heavy (non-hydrogen) atoms. The van der Waals surface area contributed by atoms with Crippen molar-refractivity contribution in [3.8, 4) is 0 Å². The summed E-state index contributed by atoms with van der Waals surface area (Å²) in [6, 6.07) is 11.8. The summed E-state index contributed by atoms with van der Waals surface area (Å²) in [6.07, 6.45) is 1.87. The fraction of sp³-hybridized carbons (Fsp3) is 0.312. The highest BCUT2D eigenvalue weighted by atomic mass is 16.6.